The number of benzene rings is 1. The van der Waals surface area contributed by atoms with Crippen molar-refractivity contribution in [3.8, 4) is 5.75 Å². The summed E-state index contributed by atoms with van der Waals surface area (Å²) in [6.07, 6.45) is 1.08. The molecule has 0 bridgehead atoms. The van der Waals surface area contributed by atoms with E-state index in [0.29, 0.717) is 12.5 Å². The summed E-state index contributed by atoms with van der Waals surface area (Å²) in [7, 11) is 1.68. The Bertz CT molecular complexity index is 462. The van der Waals surface area contributed by atoms with Crippen molar-refractivity contribution in [3.05, 3.63) is 24.3 Å². The Balaban J connectivity index is 1.87. The SMILES string of the molecule is COc1cccc(N2CCC(CNC(=O)[C@@H](C)N)C2)c1. The van der Waals surface area contributed by atoms with Gasteiger partial charge in [0, 0.05) is 31.4 Å². The van der Waals surface area contributed by atoms with Crippen LogP contribution in [-0.4, -0.2) is 38.7 Å². The fraction of sp³-hybridized carbons (Fsp3) is 0.533. The Hall–Kier alpha value is -1.75. The summed E-state index contributed by atoms with van der Waals surface area (Å²) in [4.78, 5) is 13.8. The highest BCUT2D eigenvalue weighted by Gasteiger charge is 2.23. The minimum absolute atomic E-state index is 0.0789. The number of carbonyl (C=O) groups excluding carboxylic acids is 1. The van der Waals surface area contributed by atoms with Crippen LogP contribution in [0.2, 0.25) is 0 Å². The van der Waals surface area contributed by atoms with Crippen LogP contribution in [0.4, 0.5) is 5.69 Å². The predicted molar refractivity (Wildman–Crippen MR) is 80.0 cm³/mol. The highest BCUT2D eigenvalue weighted by molar-refractivity contribution is 5.80. The number of hydrogen-bond donors (Lipinski definition) is 2. The van der Waals surface area contributed by atoms with Crippen molar-refractivity contribution >= 4 is 11.6 Å². The van der Waals surface area contributed by atoms with E-state index in [4.69, 9.17) is 10.5 Å². The lowest BCUT2D eigenvalue weighted by Crippen LogP contribution is -2.40. The van der Waals surface area contributed by atoms with Gasteiger partial charge in [0.25, 0.3) is 0 Å². The average Bonchev–Trinajstić information content (AvgIpc) is 2.93. The van der Waals surface area contributed by atoms with Crippen LogP contribution in [0.3, 0.4) is 0 Å². The Labute approximate surface area is 120 Å². The molecule has 0 spiro atoms. The number of anilines is 1. The fourth-order valence-corrected chi connectivity index (χ4v) is 2.45. The average molecular weight is 277 g/mol. The number of nitrogens with zero attached hydrogens (tertiary/aromatic N) is 1. The molecule has 0 aliphatic carbocycles. The molecule has 0 radical (unpaired) electrons. The molecule has 1 saturated heterocycles. The Morgan fingerprint density at radius 2 is 2.40 bits per heavy atom. The maximum atomic E-state index is 11.5. The minimum atomic E-state index is -0.439. The van der Waals surface area contributed by atoms with Crippen molar-refractivity contribution in [2.24, 2.45) is 11.7 Å². The molecule has 1 heterocycles. The van der Waals surface area contributed by atoms with Crippen LogP contribution in [0.15, 0.2) is 24.3 Å². The molecule has 0 saturated carbocycles. The molecule has 1 aliphatic heterocycles. The van der Waals surface area contributed by atoms with E-state index in [9.17, 15) is 4.79 Å². The molecule has 20 heavy (non-hydrogen) atoms. The van der Waals surface area contributed by atoms with Gasteiger partial charge in [-0.05, 0) is 31.4 Å². The summed E-state index contributed by atoms with van der Waals surface area (Å²) in [5, 5.41) is 2.90. The van der Waals surface area contributed by atoms with E-state index >= 15 is 0 Å². The Morgan fingerprint density at radius 3 is 3.10 bits per heavy atom. The maximum Gasteiger partial charge on any atom is 0.236 e. The molecule has 1 aliphatic rings. The third-order valence-corrected chi connectivity index (χ3v) is 3.68. The summed E-state index contributed by atoms with van der Waals surface area (Å²) in [5.41, 5.74) is 6.71. The van der Waals surface area contributed by atoms with Gasteiger partial charge in [-0.25, -0.2) is 0 Å². The molecule has 2 atom stereocenters. The number of ether oxygens (including phenoxy) is 1. The van der Waals surface area contributed by atoms with Crippen molar-refractivity contribution in [3.63, 3.8) is 0 Å². The molecular weight excluding hydrogens is 254 g/mol. The fourth-order valence-electron chi connectivity index (χ4n) is 2.45. The van der Waals surface area contributed by atoms with E-state index in [0.717, 1.165) is 25.3 Å². The Kier molecular flexibility index (Phi) is 4.84. The molecule has 1 unspecified atom stereocenters. The van der Waals surface area contributed by atoms with Gasteiger partial charge in [0.05, 0.1) is 13.2 Å². The third kappa shape index (κ3) is 3.63. The molecule has 1 aromatic rings. The van der Waals surface area contributed by atoms with Gasteiger partial charge >= 0.3 is 0 Å². The maximum absolute atomic E-state index is 11.5. The molecule has 3 N–H and O–H groups in total. The summed E-state index contributed by atoms with van der Waals surface area (Å²) in [6.45, 7) is 4.35. The van der Waals surface area contributed by atoms with E-state index in [1.165, 1.54) is 5.69 Å². The van der Waals surface area contributed by atoms with Crippen LogP contribution in [-0.2, 0) is 4.79 Å². The van der Waals surface area contributed by atoms with Crippen molar-refractivity contribution < 1.29 is 9.53 Å². The first-order valence-electron chi connectivity index (χ1n) is 7.02. The van der Waals surface area contributed by atoms with Gasteiger partial charge in [-0.1, -0.05) is 6.07 Å². The lowest BCUT2D eigenvalue weighted by molar-refractivity contribution is -0.122. The van der Waals surface area contributed by atoms with Gasteiger partial charge in [0.1, 0.15) is 5.75 Å². The third-order valence-electron chi connectivity index (χ3n) is 3.68. The summed E-state index contributed by atoms with van der Waals surface area (Å²) in [5.74, 6) is 1.27. The molecule has 1 amide bonds. The standard InChI is InChI=1S/C15H23N3O2/c1-11(16)15(19)17-9-12-6-7-18(10-12)13-4-3-5-14(8-13)20-2/h3-5,8,11-12H,6-7,9-10,16H2,1-2H3,(H,17,19)/t11-,12?/m1/s1. The summed E-state index contributed by atoms with van der Waals surface area (Å²) < 4.78 is 5.25. The van der Waals surface area contributed by atoms with Crippen LogP contribution in [0, 0.1) is 5.92 Å². The zero-order valence-corrected chi connectivity index (χ0v) is 12.1. The van der Waals surface area contributed by atoms with Gasteiger partial charge in [-0.3, -0.25) is 4.79 Å². The summed E-state index contributed by atoms with van der Waals surface area (Å²) in [6, 6.07) is 7.64. The van der Waals surface area contributed by atoms with Crippen LogP contribution < -0.4 is 20.7 Å². The van der Waals surface area contributed by atoms with E-state index in [1.54, 1.807) is 14.0 Å². The van der Waals surface area contributed by atoms with E-state index in [2.05, 4.69) is 16.3 Å². The largest absolute Gasteiger partial charge is 0.497 e. The first-order chi connectivity index (χ1) is 9.60. The van der Waals surface area contributed by atoms with Crippen LogP contribution in [0.1, 0.15) is 13.3 Å². The molecule has 5 heteroatoms. The molecule has 1 aromatic carbocycles. The molecule has 2 rings (SSSR count). The van der Waals surface area contributed by atoms with Gasteiger partial charge in [0.15, 0.2) is 0 Å². The predicted octanol–water partition coefficient (Wildman–Crippen LogP) is 0.985. The molecule has 1 fully saturated rings. The lowest BCUT2D eigenvalue weighted by Gasteiger charge is -2.19. The summed E-state index contributed by atoms with van der Waals surface area (Å²) >= 11 is 0. The van der Waals surface area contributed by atoms with Crippen molar-refractivity contribution in [2.45, 2.75) is 19.4 Å². The second kappa shape index (κ2) is 6.61. The zero-order valence-electron chi connectivity index (χ0n) is 12.1. The molecule has 5 nitrogen and oxygen atoms in total. The van der Waals surface area contributed by atoms with Gasteiger partial charge in [-0.2, -0.15) is 0 Å². The van der Waals surface area contributed by atoms with Crippen LogP contribution >= 0.6 is 0 Å². The van der Waals surface area contributed by atoms with Crippen LogP contribution in [0.5, 0.6) is 5.75 Å². The van der Waals surface area contributed by atoms with E-state index < -0.39 is 6.04 Å². The number of hydrogen-bond acceptors (Lipinski definition) is 4. The topological polar surface area (TPSA) is 67.6 Å². The Morgan fingerprint density at radius 1 is 1.60 bits per heavy atom. The highest BCUT2D eigenvalue weighted by Crippen LogP contribution is 2.26. The highest BCUT2D eigenvalue weighted by atomic mass is 16.5. The van der Waals surface area contributed by atoms with Gasteiger partial charge in [-0.15, -0.1) is 0 Å². The molecule has 110 valence electrons. The number of amides is 1. The number of rotatable bonds is 5. The first kappa shape index (κ1) is 14.7. The monoisotopic (exact) mass is 277 g/mol. The quantitative estimate of drug-likeness (QED) is 0.842. The number of nitrogens with one attached hydrogen (secondary N) is 1. The molecular formula is C15H23N3O2. The lowest BCUT2D eigenvalue weighted by atomic mass is 10.1. The molecule has 0 aromatic heterocycles. The smallest absolute Gasteiger partial charge is 0.236 e. The van der Waals surface area contributed by atoms with E-state index in [1.807, 2.05) is 18.2 Å². The van der Waals surface area contributed by atoms with Gasteiger partial charge < -0.3 is 20.7 Å². The van der Waals surface area contributed by atoms with Crippen LogP contribution in [0.25, 0.3) is 0 Å². The zero-order chi connectivity index (χ0) is 14.5. The van der Waals surface area contributed by atoms with Crippen molar-refractivity contribution in [2.75, 3.05) is 31.6 Å². The second-order valence-corrected chi connectivity index (χ2v) is 5.34. The minimum Gasteiger partial charge on any atom is -0.497 e. The first-order valence-corrected chi connectivity index (χ1v) is 7.02. The van der Waals surface area contributed by atoms with Gasteiger partial charge in [0.2, 0.25) is 5.91 Å². The number of nitrogens with two attached hydrogens (primary N) is 1. The normalized spacial score (nSPS) is 19.8. The number of methoxy groups -OCH3 is 1. The number of carbonyl (C=O) groups is 1. The van der Waals surface area contributed by atoms with Crippen molar-refractivity contribution in [1.82, 2.24) is 5.32 Å². The van der Waals surface area contributed by atoms with Crippen molar-refractivity contribution in [1.29, 1.82) is 0 Å². The second-order valence-electron chi connectivity index (χ2n) is 5.34. The van der Waals surface area contributed by atoms with E-state index in [-0.39, 0.29) is 5.91 Å².